The summed E-state index contributed by atoms with van der Waals surface area (Å²) in [6.07, 6.45) is -0.262. The second-order valence-electron chi connectivity index (χ2n) is 3.50. The zero-order valence-corrected chi connectivity index (χ0v) is 10.1. The van der Waals surface area contributed by atoms with Crippen molar-refractivity contribution in [3.8, 4) is 17.2 Å². The molecule has 2 rings (SSSR count). The summed E-state index contributed by atoms with van der Waals surface area (Å²) < 4.78 is 10.1. The van der Waals surface area contributed by atoms with E-state index < -0.39 is 0 Å². The van der Waals surface area contributed by atoms with Crippen molar-refractivity contribution >= 4 is 11.6 Å². The molecule has 0 aliphatic rings. The minimum atomic E-state index is -0.262. The fourth-order valence-electron chi connectivity index (χ4n) is 1.30. The van der Waals surface area contributed by atoms with E-state index in [0.717, 1.165) is 0 Å². The number of phenols is 1. The van der Waals surface area contributed by atoms with Gasteiger partial charge in [0.15, 0.2) is 0 Å². The van der Waals surface area contributed by atoms with Crippen molar-refractivity contribution < 1.29 is 14.4 Å². The third kappa shape index (κ3) is 2.40. The van der Waals surface area contributed by atoms with E-state index in [0.29, 0.717) is 16.4 Å². The van der Waals surface area contributed by atoms with Gasteiger partial charge < -0.3 is 14.4 Å². The normalized spacial score (nSPS) is 12.6. The molecule has 0 fully saturated rings. The first-order chi connectivity index (χ1) is 8.11. The number of hydrogen-bond donors (Lipinski definition) is 1. The van der Waals surface area contributed by atoms with Crippen molar-refractivity contribution in [3.63, 3.8) is 0 Å². The van der Waals surface area contributed by atoms with Crippen LogP contribution in [0.4, 0.5) is 0 Å². The molecule has 0 spiro atoms. The highest BCUT2D eigenvalue weighted by Crippen LogP contribution is 2.30. The van der Waals surface area contributed by atoms with Gasteiger partial charge >= 0.3 is 0 Å². The van der Waals surface area contributed by atoms with Gasteiger partial charge in [-0.3, -0.25) is 0 Å². The average Bonchev–Trinajstić information content (AvgIpc) is 2.77. The fraction of sp³-hybridized carbons (Fsp3) is 0.273. The molecule has 1 N–H and O–H groups in total. The first-order valence-electron chi connectivity index (χ1n) is 4.97. The van der Waals surface area contributed by atoms with E-state index in [-0.39, 0.29) is 17.7 Å². The molecule has 0 radical (unpaired) electrons. The molecule has 0 saturated heterocycles. The minimum absolute atomic E-state index is 0.00206. The van der Waals surface area contributed by atoms with Crippen LogP contribution >= 0.6 is 11.6 Å². The quantitative estimate of drug-likeness (QED) is 0.912. The Labute approximate surface area is 103 Å². The van der Waals surface area contributed by atoms with Gasteiger partial charge in [-0.25, -0.2) is 0 Å². The third-order valence-electron chi connectivity index (χ3n) is 2.35. The summed E-state index contributed by atoms with van der Waals surface area (Å²) >= 11 is 5.74. The summed E-state index contributed by atoms with van der Waals surface area (Å²) in [6, 6.07) is 4.67. The van der Waals surface area contributed by atoms with E-state index in [2.05, 4.69) is 10.1 Å². The minimum Gasteiger partial charge on any atom is -0.507 e. The molecular weight excluding hydrogens is 244 g/mol. The van der Waals surface area contributed by atoms with E-state index >= 15 is 0 Å². The van der Waals surface area contributed by atoms with Crippen LogP contribution in [-0.2, 0) is 4.74 Å². The zero-order chi connectivity index (χ0) is 12.4. The third-order valence-corrected chi connectivity index (χ3v) is 2.58. The Balaban J connectivity index is 2.37. The van der Waals surface area contributed by atoms with Crippen LogP contribution in [0.5, 0.6) is 5.75 Å². The Morgan fingerprint density at radius 1 is 1.47 bits per heavy atom. The molecule has 0 amide bonds. The van der Waals surface area contributed by atoms with E-state index in [1.807, 2.05) is 0 Å². The summed E-state index contributed by atoms with van der Waals surface area (Å²) in [7, 11) is 1.56. The van der Waals surface area contributed by atoms with Crippen molar-refractivity contribution in [3.05, 3.63) is 29.0 Å². The van der Waals surface area contributed by atoms with Gasteiger partial charge in [0.2, 0.25) is 5.82 Å². The molecule has 17 heavy (non-hydrogen) atoms. The Bertz CT molecular complexity index is 527. The van der Waals surface area contributed by atoms with Crippen molar-refractivity contribution in [1.82, 2.24) is 10.1 Å². The van der Waals surface area contributed by atoms with Crippen LogP contribution in [0.1, 0.15) is 18.9 Å². The number of halogens is 1. The largest absolute Gasteiger partial charge is 0.507 e. The Morgan fingerprint density at radius 3 is 2.88 bits per heavy atom. The highest BCUT2D eigenvalue weighted by Gasteiger charge is 2.16. The van der Waals surface area contributed by atoms with Crippen LogP contribution in [-0.4, -0.2) is 22.4 Å². The van der Waals surface area contributed by atoms with E-state index in [1.165, 1.54) is 6.07 Å². The summed E-state index contributed by atoms with van der Waals surface area (Å²) in [6.45, 7) is 1.80. The number of aromatic nitrogens is 2. The SMILES string of the molecule is COC(C)c1noc(-c2ccc(Cl)cc2O)n1. The number of phenolic OH excluding ortho intramolecular Hbond substituents is 1. The molecule has 90 valence electrons. The summed E-state index contributed by atoms with van der Waals surface area (Å²) in [5.74, 6) is 0.660. The maximum Gasteiger partial charge on any atom is 0.261 e. The Hall–Kier alpha value is -1.59. The number of nitrogens with zero attached hydrogens (tertiary/aromatic N) is 2. The molecule has 2 aromatic rings. The van der Waals surface area contributed by atoms with E-state index in [4.69, 9.17) is 20.9 Å². The lowest BCUT2D eigenvalue weighted by molar-refractivity contribution is 0.109. The van der Waals surface area contributed by atoms with Crippen LogP contribution in [0.25, 0.3) is 11.5 Å². The lowest BCUT2D eigenvalue weighted by Crippen LogP contribution is -1.97. The highest BCUT2D eigenvalue weighted by molar-refractivity contribution is 6.30. The van der Waals surface area contributed by atoms with Crippen LogP contribution in [0, 0.1) is 0 Å². The topological polar surface area (TPSA) is 68.4 Å². The molecule has 6 heteroatoms. The van der Waals surface area contributed by atoms with Crippen molar-refractivity contribution in [2.24, 2.45) is 0 Å². The Kier molecular flexibility index (Phi) is 3.31. The first kappa shape index (κ1) is 11.9. The fourth-order valence-corrected chi connectivity index (χ4v) is 1.47. The second-order valence-corrected chi connectivity index (χ2v) is 3.93. The van der Waals surface area contributed by atoms with Gasteiger partial charge in [-0.05, 0) is 25.1 Å². The average molecular weight is 255 g/mol. The molecular formula is C11H11ClN2O3. The van der Waals surface area contributed by atoms with Gasteiger partial charge in [-0.1, -0.05) is 16.8 Å². The molecule has 0 aliphatic heterocycles. The number of ether oxygens (including phenoxy) is 1. The monoisotopic (exact) mass is 254 g/mol. The maximum absolute atomic E-state index is 9.71. The summed E-state index contributed by atoms with van der Waals surface area (Å²) in [5.41, 5.74) is 0.441. The lowest BCUT2D eigenvalue weighted by Gasteiger charge is -2.01. The molecule has 0 bridgehead atoms. The number of rotatable bonds is 3. The molecule has 1 aromatic carbocycles. The zero-order valence-electron chi connectivity index (χ0n) is 9.35. The van der Waals surface area contributed by atoms with Crippen LogP contribution in [0.15, 0.2) is 22.7 Å². The van der Waals surface area contributed by atoms with Gasteiger partial charge in [-0.2, -0.15) is 4.98 Å². The molecule has 1 heterocycles. The highest BCUT2D eigenvalue weighted by atomic mass is 35.5. The van der Waals surface area contributed by atoms with Crippen LogP contribution in [0.2, 0.25) is 5.02 Å². The molecule has 5 nitrogen and oxygen atoms in total. The summed E-state index contributed by atoms with van der Waals surface area (Å²) in [5, 5.41) is 13.9. The van der Waals surface area contributed by atoms with Crippen LogP contribution < -0.4 is 0 Å². The van der Waals surface area contributed by atoms with Gasteiger partial charge in [0.25, 0.3) is 5.89 Å². The van der Waals surface area contributed by atoms with Gasteiger partial charge in [0, 0.05) is 12.1 Å². The predicted molar refractivity (Wildman–Crippen MR) is 61.8 cm³/mol. The van der Waals surface area contributed by atoms with Crippen molar-refractivity contribution in [1.29, 1.82) is 0 Å². The molecule has 1 aromatic heterocycles. The molecule has 1 unspecified atom stereocenters. The van der Waals surface area contributed by atoms with E-state index in [9.17, 15) is 5.11 Å². The van der Waals surface area contributed by atoms with Gasteiger partial charge in [0.05, 0.1) is 5.56 Å². The molecule has 0 aliphatic carbocycles. The predicted octanol–water partition coefficient (Wildman–Crippen LogP) is 2.80. The number of methoxy groups -OCH3 is 1. The maximum atomic E-state index is 9.71. The summed E-state index contributed by atoms with van der Waals surface area (Å²) in [4.78, 5) is 4.14. The van der Waals surface area contributed by atoms with Gasteiger partial charge in [0.1, 0.15) is 11.9 Å². The molecule has 1 atom stereocenters. The second kappa shape index (κ2) is 4.73. The lowest BCUT2D eigenvalue weighted by atomic mass is 10.2. The van der Waals surface area contributed by atoms with Gasteiger partial charge in [-0.15, -0.1) is 0 Å². The number of aromatic hydroxyl groups is 1. The van der Waals surface area contributed by atoms with E-state index in [1.54, 1.807) is 26.2 Å². The first-order valence-corrected chi connectivity index (χ1v) is 5.35. The van der Waals surface area contributed by atoms with Crippen LogP contribution in [0.3, 0.4) is 0 Å². The van der Waals surface area contributed by atoms with Crippen molar-refractivity contribution in [2.45, 2.75) is 13.0 Å². The standard InChI is InChI=1S/C11H11ClN2O3/c1-6(16-2)10-13-11(17-14-10)8-4-3-7(12)5-9(8)15/h3-6,15H,1-2H3. The number of hydrogen-bond acceptors (Lipinski definition) is 5. The smallest absolute Gasteiger partial charge is 0.261 e. The number of benzene rings is 1. The molecule has 0 saturated carbocycles. The van der Waals surface area contributed by atoms with Crippen molar-refractivity contribution in [2.75, 3.05) is 7.11 Å². The Morgan fingerprint density at radius 2 is 2.24 bits per heavy atom.